The van der Waals surface area contributed by atoms with Crippen molar-refractivity contribution in [2.45, 2.75) is 66.8 Å². The van der Waals surface area contributed by atoms with E-state index in [1.807, 2.05) is 0 Å². The van der Waals surface area contributed by atoms with E-state index in [1.165, 1.54) is 30.4 Å². The van der Waals surface area contributed by atoms with Crippen molar-refractivity contribution in [2.75, 3.05) is 7.05 Å². The highest BCUT2D eigenvalue weighted by Gasteiger charge is 2.39. The Hall–Kier alpha value is -1.57. The number of nitrogens with zero attached hydrogens (tertiary/aromatic N) is 2. The van der Waals surface area contributed by atoms with E-state index in [1.54, 1.807) is 0 Å². The third-order valence-electron chi connectivity index (χ3n) is 5.43. The average Bonchev–Trinajstić information content (AvgIpc) is 2.50. The Labute approximate surface area is 155 Å². The molecular weight excluding hydrogens is 304 g/mol. The van der Waals surface area contributed by atoms with Crippen molar-refractivity contribution >= 4 is 6.72 Å². The molecule has 1 fully saturated rings. The number of allylic oxidation sites excluding steroid dienone is 1. The van der Waals surface area contributed by atoms with Crippen LogP contribution in [0.5, 0.6) is 0 Å². The summed E-state index contributed by atoms with van der Waals surface area (Å²) in [6.45, 7) is 16.6. The van der Waals surface area contributed by atoms with Gasteiger partial charge in [0.15, 0.2) is 0 Å². The fraction of sp³-hybridized carbons (Fsp3) is 0.609. The Kier molecular flexibility index (Phi) is 6.13. The highest BCUT2D eigenvalue weighted by atomic mass is 15.1. The lowest BCUT2D eigenvalue weighted by Gasteiger charge is -2.45. The van der Waals surface area contributed by atoms with Gasteiger partial charge in [-0.25, -0.2) is 0 Å². The molecule has 0 spiro atoms. The lowest BCUT2D eigenvalue weighted by molar-refractivity contribution is 0.0807. The van der Waals surface area contributed by atoms with Crippen LogP contribution in [0.15, 0.2) is 41.2 Å². The first-order chi connectivity index (χ1) is 11.7. The Morgan fingerprint density at radius 2 is 1.72 bits per heavy atom. The second kappa shape index (κ2) is 7.76. The van der Waals surface area contributed by atoms with E-state index >= 15 is 0 Å². The summed E-state index contributed by atoms with van der Waals surface area (Å²) < 4.78 is 0. The maximum absolute atomic E-state index is 4.44. The molecule has 0 aromatic heterocycles. The normalized spacial score (nSPS) is 20.3. The molecule has 138 valence electrons. The van der Waals surface area contributed by atoms with Crippen molar-refractivity contribution in [1.29, 1.82) is 0 Å². The van der Waals surface area contributed by atoms with Crippen LogP contribution in [0.1, 0.15) is 65.0 Å². The minimum absolute atomic E-state index is 0.365. The van der Waals surface area contributed by atoms with Crippen LogP contribution < -0.4 is 0 Å². The topological polar surface area (TPSA) is 15.6 Å². The van der Waals surface area contributed by atoms with Crippen LogP contribution in [0.3, 0.4) is 0 Å². The zero-order chi connectivity index (χ0) is 18.7. The number of hydrogen-bond acceptors (Lipinski definition) is 2. The third kappa shape index (κ3) is 5.45. The minimum atomic E-state index is 0.365. The SMILES string of the molecule is C=N/C(=C\N(C)Cc1ccccc1CC)C1CC(C)(C)CC(C)(C)C1. The van der Waals surface area contributed by atoms with Crippen molar-refractivity contribution < 1.29 is 0 Å². The Morgan fingerprint density at radius 3 is 2.24 bits per heavy atom. The van der Waals surface area contributed by atoms with Gasteiger partial charge in [0.2, 0.25) is 0 Å². The van der Waals surface area contributed by atoms with Gasteiger partial charge in [-0.3, -0.25) is 4.99 Å². The molecule has 0 amide bonds. The highest BCUT2D eigenvalue weighted by Crippen LogP contribution is 2.50. The lowest BCUT2D eigenvalue weighted by atomic mass is 9.61. The maximum Gasteiger partial charge on any atom is 0.0585 e. The zero-order valence-electron chi connectivity index (χ0n) is 17.1. The molecule has 0 radical (unpaired) electrons. The minimum Gasteiger partial charge on any atom is -0.375 e. The van der Waals surface area contributed by atoms with E-state index in [0.29, 0.717) is 16.7 Å². The molecule has 0 saturated heterocycles. The summed E-state index contributed by atoms with van der Waals surface area (Å²) in [6.07, 6.45) is 6.97. The van der Waals surface area contributed by atoms with Crippen molar-refractivity contribution in [3.05, 3.63) is 47.3 Å². The Morgan fingerprint density at radius 1 is 1.16 bits per heavy atom. The van der Waals surface area contributed by atoms with E-state index in [2.05, 4.69) is 88.7 Å². The second-order valence-corrected chi connectivity index (χ2v) is 9.36. The second-order valence-electron chi connectivity index (χ2n) is 9.36. The van der Waals surface area contributed by atoms with E-state index < -0.39 is 0 Å². The summed E-state index contributed by atoms with van der Waals surface area (Å²) in [5, 5.41) is 0. The first-order valence-corrected chi connectivity index (χ1v) is 9.61. The van der Waals surface area contributed by atoms with Crippen LogP contribution in [-0.4, -0.2) is 18.7 Å². The lowest BCUT2D eigenvalue weighted by Crippen LogP contribution is -2.34. The molecular formula is C23H36N2. The molecule has 1 aliphatic rings. The molecule has 2 nitrogen and oxygen atoms in total. The van der Waals surface area contributed by atoms with Crippen LogP contribution in [-0.2, 0) is 13.0 Å². The van der Waals surface area contributed by atoms with Crippen molar-refractivity contribution in [1.82, 2.24) is 4.90 Å². The highest BCUT2D eigenvalue weighted by molar-refractivity contribution is 5.31. The standard InChI is InChI=1S/C23H36N2/c1-8-18-11-9-10-12-19(18)15-25(7)16-21(24-6)20-13-22(2,3)17-23(4,5)14-20/h9-12,16,20H,6,8,13-15,17H2,1-5,7H3/b21-16-. The molecule has 0 atom stereocenters. The van der Waals surface area contributed by atoms with Gasteiger partial charge in [0.1, 0.15) is 0 Å². The molecule has 25 heavy (non-hydrogen) atoms. The van der Waals surface area contributed by atoms with Gasteiger partial charge < -0.3 is 4.90 Å². The quantitative estimate of drug-likeness (QED) is 0.573. The number of aliphatic imine (C=N–C) groups is 1. The number of rotatable bonds is 6. The monoisotopic (exact) mass is 340 g/mol. The van der Waals surface area contributed by atoms with Crippen LogP contribution in [0.25, 0.3) is 0 Å². The van der Waals surface area contributed by atoms with Crippen molar-refractivity contribution in [3.63, 3.8) is 0 Å². The molecule has 1 saturated carbocycles. The van der Waals surface area contributed by atoms with Crippen molar-refractivity contribution in [2.24, 2.45) is 21.7 Å². The zero-order valence-corrected chi connectivity index (χ0v) is 17.1. The van der Waals surface area contributed by atoms with Crippen molar-refractivity contribution in [3.8, 4) is 0 Å². The molecule has 0 heterocycles. The first kappa shape index (κ1) is 19.8. The molecule has 1 aromatic rings. The maximum atomic E-state index is 4.44. The fourth-order valence-electron chi connectivity index (χ4n) is 4.93. The molecule has 1 aromatic carbocycles. The Balaban J connectivity index is 2.17. The summed E-state index contributed by atoms with van der Waals surface area (Å²) in [4.78, 5) is 6.71. The summed E-state index contributed by atoms with van der Waals surface area (Å²) in [6, 6.07) is 8.72. The molecule has 1 aliphatic carbocycles. The summed E-state index contributed by atoms with van der Waals surface area (Å²) >= 11 is 0. The summed E-state index contributed by atoms with van der Waals surface area (Å²) in [5.41, 5.74) is 4.71. The van der Waals surface area contributed by atoms with Gasteiger partial charge in [0.05, 0.1) is 5.70 Å². The van der Waals surface area contributed by atoms with Crippen LogP contribution in [0.2, 0.25) is 0 Å². The van der Waals surface area contributed by atoms with Crippen LogP contribution in [0, 0.1) is 16.7 Å². The van der Waals surface area contributed by atoms with E-state index in [9.17, 15) is 0 Å². The van der Waals surface area contributed by atoms with Gasteiger partial charge in [-0.05, 0) is 54.4 Å². The first-order valence-electron chi connectivity index (χ1n) is 9.61. The van der Waals surface area contributed by atoms with Gasteiger partial charge in [0.25, 0.3) is 0 Å². The molecule has 0 bridgehead atoms. The summed E-state index contributed by atoms with van der Waals surface area (Å²) in [7, 11) is 2.15. The average molecular weight is 341 g/mol. The van der Waals surface area contributed by atoms with E-state index in [-0.39, 0.29) is 0 Å². The number of aryl methyl sites for hydroxylation is 1. The van der Waals surface area contributed by atoms with Crippen LogP contribution >= 0.6 is 0 Å². The van der Waals surface area contributed by atoms with Gasteiger partial charge in [-0.15, -0.1) is 0 Å². The largest absolute Gasteiger partial charge is 0.375 e. The van der Waals surface area contributed by atoms with Crippen LogP contribution in [0.4, 0.5) is 0 Å². The van der Waals surface area contributed by atoms with Gasteiger partial charge >= 0.3 is 0 Å². The Bertz CT molecular complexity index is 609. The number of hydrogen-bond donors (Lipinski definition) is 0. The molecule has 2 heteroatoms. The molecule has 0 N–H and O–H groups in total. The van der Waals surface area contributed by atoms with Gasteiger partial charge in [-0.1, -0.05) is 58.9 Å². The number of benzene rings is 1. The molecule has 0 unspecified atom stereocenters. The predicted molar refractivity (Wildman–Crippen MR) is 110 cm³/mol. The van der Waals surface area contributed by atoms with Gasteiger partial charge in [-0.2, -0.15) is 0 Å². The smallest absolute Gasteiger partial charge is 0.0585 e. The third-order valence-corrected chi connectivity index (χ3v) is 5.43. The fourth-order valence-corrected chi connectivity index (χ4v) is 4.93. The predicted octanol–water partition coefficient (Wildman–Crippen LogP) is 6.08. The van der Waals surface area contributed by atoms with Gasteiger partial charge in [0, 0.05) is 25.7 Å². The van der Waals surface area contributed by atoms with E-state index in [0.717, 1.165) is 18.7 Å². The van der Waals surface area contributed by atoms with E-state index in [4.69, 9.17) is 0 Å². The molecule has 0 aliphatic heterocycles. The summed E-state index contributed by atoms with van der Waals surface area (Å²) in [5.74, 6) is 0.500. The molecule has 2 rings (SSSR count).